The van der Waals surface area contributed by atoms with Crippen molar-refractivity contribution in [1.82, 2.24) is 9.03 Å². The van der Waals surface area contributed by atoms with Crippen LogP contribution in [0.2, 0.25) is 0 Å². The van der Waals surface area contributed by atoms with Gasteiger partial charge in [-0.15, -0.1) is 0 Å². The number of sulfonamides is 2. The molecule has 2 aromatic rings. The number of alkyl halides is 3. The quantitative estimate of drug-likeness (QED) is 0.479. The number of amides is 1. The Balaban J connectivity index is 1.77. The fraction of sp³-hybridized carbons (Fsp3) is 0.409. The predicted molar refractivity (Wildman–Crippen MR) is 124 cm³/mol. The van der Waals surface area contributed by atoms with Gasteiger partial charge in [0.1, 0.15) is 6.04 Å². The molecule has 1 saturated heterocycles. The lowest BCUT2D eigenvalue weighted by Crippen LogP contribution is -2.43. The number of halogens is 3. The molecular weight excluding hydrogens is 507 g/mol. The summed E-state index contributed by atoms with van der Waals surface area (Å²) < 4.78 is 94.2. The molecule has 192 valence electrons. The Hall–Kier alpha value is -2.48. The van der Waals surface area contributed by atoms with Gasteiger partial charge in [-0.2, -0.15) is 17.5 Å². The number of carbonyl (C=O) groups excluding carboxylic acids is 1. The number of hydrogen-bond acceptors (Lipinski definition) is 5. The molecule has 1 amide bonds. The van der Waals surface area contributed by atoms with E-state index in [0.717, 1.165) is 22.9 Å². The molecule has 0 saturated carbocycles. The molecule has 0 radical (unpaired) electrons. The lowest BCUT2D eigenvalue weighted by atomic mass is 10.2. The molecule has 2 N–H and O–H groups in total. The van der Waals surface area contributed by atoms with E-state index in [1.165, 1.54) is 30.3 Å². The van der Waals surface area contributed by atoms with Crippen molar-refractivity contribution in [3.63, 3.8) is 0 Å². The second kappa shape index (κ2) is 10.6. The van der Waals surface area contributed by atoms with Gasteiger partial charge in [-0.3, -0.25) is 4.79 Å². The van der Waals surface area contributed by atoms with E-state index in [0.29, 0.717) is 25.5 Å². The van der Waals surface area contributed by atoms with E-state index in [4.69, 9.17) is 0 Å². The van der Waals surface area contributed by atoms with Crippen molar-refractivity contribution < 1.29 is 34.8 Å². The second-order valence-electron chi connectivity index (χ2n) is 8.03. The summed E-state index contributed by atoms with van der Waals surface area (Å²) >= 11 is 0. The number of unbranched alkanes of at least 4 members (excludes halogenated alkanes) is 1. The third-order valence-electron chi connectivity index (χ3n) is 5.54. The van der Waals surface area contributed by atoms with Crippen molar-refractivity contribution in [2.75, 3.05) is 18.4 Å². The van der Waals surface area contributed by atoms with E-state index in [2.05, 4.69) is 10.0 Å². The van der Waals surface area contributed by atoms with Gasteiger partial charge in [-0.25, -0.2) is 21.6 Å². The van der Waals surface area contributed by atoms with Gasteiger partial charge in [0, 0.05) is 18.8 Å². The van der Waals surface area contributed by atoms with Crippen molar-refractivity contribution in [3.05, 3.63) is 54.1 Å². The maximum Gasteiger partial charge on any atom is 0.417 e. The molecule has 1 fully saturated rings. The van der Waals surface area contributed by atoms with Gasteiger partial charge >= 0.3 is 6.18 Å². The average Bonchev–Trinajstić information content (AvgIpc) is 3.30. The van der Waals surface area contributed by atoms with Crippen molar-refractivity contribution >= 4 is 31.6 Å². The molecule has 1 heterocycles. The smallest absolute Gasteiger partial charge is 0.325 e. The molecule has 0 spiro atoms. The number of rotatable bonds is 9. The van der Waals surface area contributed by atoms with Gasteiger partial charge in [-0.1, -0.05) is 25.5 Å². The van der Waals surface area contributed by atoms with Crippen molar-refractivity contribution in [2.45, 2.75) is 54.6 Å². The van der Waals surface area contributed by atoms with Gasteiger partial charge in [0.25, 0.3) is 0 Å². The van der Waals surface area contributed by atoms with E-state index >= 15 is 0 Å². The van der Waals surface area contributed by atoms with E-state index in [9.17, 15) is 34.8 Å². The molecule has 2 aromatic carbocycles. The Morgan fingerprint density at radius 3 is 2.34 bits per heavy atom. The van der Waals surface area contributed by atoms with Crippen LogP contribution in [0.3, 0.4) is 0 Å². The second-order valence-corrected chi connectivity index (χ2v) is 11.7. The monoisotopic (exact) mass is 533 g/mol. The SMILES string of the molecule is CCCCNS(=O)(=O)c1ccc(NC(=O)[C@@H]2CCCN2S(=O)(=O)c2ccccc2C(F)(F)F)cc1. The Bertz CT molecular complexity index is 1260. The molecular formula is C22H26F3N3O5S2. The van der Waals surface area contributed by atoms with Crippen LogP contribution in [0.5, 0.6) is 0 Å². The summed E-state index contributed by atoms with van der Waals surface area (Å²) in [6.45, 7) is 2.12. The minimum Gasteiger partial charge on any atom is -0.325 e. The summed E-state index contributed by atoms with van der Waals surface area (Å²) in [6, 6.07) is 7.96. The zero-order valence-electron chi connectivity index (χ0n) is 18.9. The number of carbonyl (C=O) groups is 1. The van der Waals surface area contributed by atoms with Gasteiger partial charge in [0.2, 0.25) is 26.0 Å². The highest BCUT2D eigenvalue weighted by Crippen LogP contribution is 2.37. The van der Waals surface area contributed by atoms with Crippen LogP contribution in [-0.2, 0) is 31.0 Å². The summed E-state index contributed by atoms with van der Waals surface area (Å²) in [5.41, 5.74) is -1.07. The lowest BCUT2D eigenvalue weighted by molar-refractivity contribution is -0.139. The normalized spacial score (nSPS) is 17.4. The molecule has 1 aliphatic rings. The maximum atomic E-state index is 13.4. The fourth-order valence-electron chi connectivity index (χ4n) is 3.75. The molecule has 3 rings (SSSR count). The number of nitrogens with one attached hydrogen (secondary N) is 2. The van der Waals surface area contributed by atoms with Crippen LogP contribution in [-0.4, -0.2) is 46.2 Å². The third-order valence-corrected chi connectivity index (χ3v) is 8.98. The summed E-state index contributed by atoms with van der Waals surface area (Å²) in [4.78, 5) is 12.0. The highest BCUT2D eigenvalue weighted by molar-refractivity contribution is 7.89. The first-order valence-electron chi connectivity index (χ1n) is 11.0. The Morgan fingerprint density at radius 1 is 1.06 bits per heavy atom. The zero-order valence-corrected chi connectivity index (χ0v) is 20.5. The van der Waals surface area contributed by atoms with Gasteiger partial charge in [-0.05, 0) is 55.7 Å². The summed E-state index contributed by atoms with van der Waals surface area (Å²) in [5, 5.41) is 2.53. The number of benzene rings is 2. The molecule has 0 bridgehead atoms. The van der Waals surface area contributed by atoms with E-state index in [1.807, 2.05) is 6.92 Å². The summed E-state index contributed by atoms with van der Waals surface area (Å²) in [6.07, 6.45) is -2.95. The van der Waals surface area contributed by atoms with Crippen LogP contribution in [0.15, 0.2) is 58.3 Å². The Labute approximate surface area is 202 Å². The molecule has 0 unspecified atom stereocenters. The number of hydrogen-bond donors (Lipinski definition) is 2. The van der Waals surface area contributed by atoms with Crippen LogP contribution in [0.1, 0.15) is 38.2 Å². The largest absolute Gasteiger partial charge is 0.417 e. The van der Waals surface area contributed by atoms with Crippen LogP contribution in [0.4, 0.5) is 18.9 Å². The summed E-state index contributed by atoms with van der Waals surface area (Å²) in [5.74, 6) is -0.716. The van der Waals surface area contributed by atoms with Crippen molar-refractivity contribution in [2.24, 2.45) is 0 Å². The van der Waals surface area contributed by atoms with Crippen molar-refractivity contribution in [3.8, 4) is 0 Å². The van der Waals surface area contributed by atoms with E-state index < -0.39 is 48.6 Å². The molecule has 13 heteroatoms. The molecule has 1 aliphatic heterocycles. The molecule has 0 aromatic heterocycles. The first-order valence-corrected chi connectivity index (χ1v) is 13.9. The standard InChI is InChI=1S/C22H26F3N3O5S2/c1-2-3-14-26-34(30,31)17-12-10-16(11-13-17)27-21(29)19-8-6-15-28(19)35(32,33)20-9-5-4-7-18(20)22(23,24)25/h4-5,7,9-13,19,26H,2-3,6,8,14-15H2,1H3,(H,27,29)/t19-/m0/s1. The highest BCUT2D eigenvalue weighted by atomic mass is 32.2. The van der Waals surface area contributed by atoms with E-state index in [1.54, 1.807) is 0 Å². The van der Waals surface area contributed by atoms with Crippen LogP contribution < -0.4 is 10.0 Å². The van der Waals surface area contributed by atoms with Crippen molar-refractivity contribution in [1.29, 1.82) is 0 Å². The lowest BCUT2D eigenvalue weighted by Gasteiger charge is -2.25. The zero-order chi connectivity index (χ0) is 25.9. The minimum absolute atomic E-state index is 0.000399. The molecule has 8 nitrogen and oxygen atoms in total. The number of nitrogens with zero attached hydrogens (tertiary/aromatic N) is 1. The Kier molecular flexibility index (Phi) is 8.25. The fourth-order valence-corrected chi connectivity index (χ4v) is 6.70. The molecule has 35 heavy (non-hydrogen) atoms. The van der Waals surface area contributed by atoms with Crippen LogP contribution >= 0.6 is 0 Å². The minimum atomic E-state index is -4.88. The van der Waals surface area contributed by atoms with E-state index in [-0.39, 0.29) is 23.5 Å². The molecule has 1 atom stereocenters. The number of anilines is 1. The first-order chi connectivity index (χ1) is 16.4. The Morgan fingerprint density at radius 2 is 1.71 bits per heavy atom. The van der Waals surface area contributed by atoms with Crippen LogP contribution in [0.25, 0.3) is 0 Å². The highest BCUT2D eigenvalue weighted by Gasteiger charge is 2.44. The van der Waals surface area contributed by atoms with Gasteiger partial charge in [0.15, 0.2) is 0 Å². The average molecular weight is 534 g/mol. The predicted octanol–water partition coefficient (Wildman–Crippen LogP) is 3.58. The van der Waals surface area contributed by atoms with Gasteiger partial charge < -0.3 is 5.32 Å². The summed E-state index contributed by atoms with van der Waals surface area (Å²) in [7, 11) is -8.32. The van der Waals surface area contributed by atoms with Crippen LogP contribution in [0, 0.1) is 0 Å². The molecule has 0 aliphatic carbocycles. The third kappa shape index (κ3) is 6.21. The first kappa shape index (κ1) is 27.1. The van der Waals surface area contributed by atoms with Gasteiger partial charge in [0.05, 0.1) is 15.4 Å². The maximum absolute atomic E-state index is 13.4. The topological polar surface area (TPSA) is 113 Å².